The summed E-state index contributed by atoms with van der Waals surface area (Å²) in [6.07, 6.45) is 1.76. The highest BCUT2D eigenvalue weighted by molar-refractivity contribution is 7.89. The molecule has 2 aliphatic rings. The van der Waals surface area contributed by atoms with Crippen molar-refractivity contribution in [3.8, 4) is 0 Å². The molecular weight excluding hydrogens is 342 g/mol. The van der Waals surface area contributed by atoms with Crippen molar-refractivity contribution in [3.63, 3.8) is 0 Å². The van der Waals surface area contributed by atoms with Crippen molar-refractivity contribution in [1.82, 2.24) is 14.1 Å². The molecule has 2 amide bonds. The highest BCUT2D eigenvalue weighted by atomic mass is 32.2. The molecule has 0 bridgehead atoms. The maximum Gasteiger partial charge on any atom is 0.228 e. The van der Waals surface area contributed by atoms with E-state index in [0.717, 1.165) is 6.42 Å². The number of nitrogens with zero attached hydrogens (tertiary/aromatic N) is 3. The molecule has 0 saturated carbocycles. The molecule has 0 aromatic carbocycles. The first-order valence-electron chi connectivity index (χ1n) is 9.13. The van der Waals surface area contributed by atoms with E-state index in [9.17, 15) is 18.0 Å². The zero-order chi connectivity index (χ0) is 18.8. The molecular formula is C17H31N3O4S. The zero-order valence-corrected chi connectivity index (χ0v) is 16.6. The van der Waals surface area contributed by atoms with Crippen molar-refractivity contribution in [2.24, 2.45) is 5.92 Å². The average molecular weight is 374 g/mol. The summed E-state index contributed by atoms with van der Waals surface area (Å²) in [6.45, 7) is 9.84. The van der Waals surface area contributed by atoms with Crippen LogP contribution in [0.2, 0.25) is 0 Å². The smallest absolute Gasteiger partial charge is 0.228 e. The summed E-state index contributed by atoms with van der Waals surface area (Å²) in [5.74, 6) is -0.137. The minimum Gasteiger partial charge on any atom is -0.340 e. The highest BCUT2D eigenvalue weighted by Crippen LogP contribution is 2.27. The fourth-order valence-corrected chi connectivity index (χ4v) is 5.05. The van der Waals surface area contributed by atoms with Gasteiger partial charge in [0.15, 0.2) is 0 Å². The van der Waals surface area contributed by atoms with Crippen LogP contribution in [0.15, 0.2) is 0 Å². The maximum absolute atomic E-state index is 12.7. The van der Waals surface area contributed by atoms with Crippen molar-refractivity contribution in [3.05, 3.63) is 0 Å². The summed E-state index contributed by atoms with van der Waals surface area (Å²) in [7, 11) is -3.22. The fraction of sp³-hybridized carbons (Fsp3) is 0.882. The summed E-state index contributed by atoms with van der Waals surface area (Å²) in [5.41, 5.74) is -0.280. The van der Waals surface area contributed by atoms with Gasteiger partial charge in [-0.15, -0.1) is 0 Å². The zero-order valence-electron chi connectivity index (χ0n) is 15.8. The molecule has 0 N–H and O–H groups in total. The first-order chi connectivity index (χ1) is 11.6. The quantitative estimate of drug-likeness (QED) is 0.718. The van der Waals surface area contributed by atoms with E-state index < -0.39 is 10.0 Å². The minimum atomic E-state index is -3.22. The van der Waals surface area contributed by atoms with Gasteiger partial charge in [-0.3, -0.25) is 9.59 Å². The van der Waals surface area contributed by atoms with Gasteiger partial charge in [-0.1, -0.05) is 13.3 Å². The third kappa shape index (κ3) is 4.73. The van der Waals surface area contributed by atoms with Crippen LogP contribution in [-0.2, 0) is 19.6 Å². The standard InChI is InChI=1S/C17H31N3O4S/c1-5-6-11-25(23,24)19-9-7-18(8-10-19)16(22)14-12-15(21)20(13-14)17(2,3)4/h14H,5-13H2,1-4H3. The van der Waals surface area contributed by atoms with Gasteiger partial charge in [-0.25, -0.2) is 8.42 Å². The Balaban J connectivity index is 1.91. The topological polar surface area (TPSA) is 78.0 Å². The Labute approximate surface area is 151 Å². The van der Waals surface area contributed by atoms with Crippen molar-refractivity contribution in [2.45, 2.75) is 52.5 Å². The second-order valence-electron chi connectivity index (χ2n) is 7.97. The fourth-order valence-electron chi connectivity index (χ4n) is 3.42. The number of carbonyl (C=O) groups excluding carboxylic acids is 2. The molecule has 2 rings (SSSR count). The first kappa shape index (κ1) is 20.2. The molecule has 0 aromatic heterocycles. The van der Waals surface area contributed by atoms with Gasteiger partial charge >= 0.3 is 0 Å². The minimum absolute atomic E-state index is 0.0200. The Bertz CT molecular complexity index is 604. The number of amides is 2. The number of rotatable bonds is 5. The van der Waals surface area contributed by atoms with Gasteiger partial charge < -0.3 is 9.80 Å². The van der Waals surface area contributed by atoms with Gasteiger partial charge in [-0.2, -0.15) is 4.31 Å². The van der Waals surface area contributed by atoms with Gasteiger partial charge in [0.1, 0.15) is 0 Å². The summed E-state index contributed by atoms with van der Waals surface area (Å²) >= 11 is 0. The van der Waals surface area contributed by atoms with E-state index in [1.54, 1.807) is 9.80 Å². The van der Waals surface area contributed by atoms with Crippen molar-refractivity contribution >= 4 is 21.8 Å². The second-order valence-corrected chi connectivity index (χ2v) is 10.1. The van der Waals surface area contributed by atoms with Crippen LogP contribution in [0.4, 0.5) is 0 Å². The highest BCUT2D eigenvalue weighted by Gasteiger charge is 2.41. The van der Waals surface area contributed by atoms with Crippen LogP contribution < -0.4 is 0 Å². The second kappa shape index (κ2) is 7.61. The summed E-state index contributed by atoms with van der Waals surface area (Å²) in [6, 6.07) is 0. The van der Waals surface area contributed by atoms with Crippen LogP contribution in [0.25, 0.3) is 0 Å². The number of unbranched alkanes of at least 4 members (excludes halogenated alkanes) is 1. The molecule has 2 aliphatic heterocycles. The van der Waals surface area contributed by atoms with E-state index in [0.29, 0.717) is 39.1 Å². The molecule has 25 heavy (non-hydrogen) atoms. The molecule has 2 fully saturated rings. The summed E-state index contributed by atoms with van der Waals surface area (Å²) in [5, 5.41) is 0. The Morgan fingerprint density at radius 2 is 1.76 bits per heavy atom. The van der Waals surface area contributed by atoms with Crippen molar-refractivity contribution < 1.29 is 18.0 Å². The van der Waals surface area contributed by atoms with E-state index in [1.165, 1.54) is 4.31 Å². The lowest BCUT2D eigenvalue weighted by Crippen LogP contribution is -2.52. The number of likely N-dealkylation sites (tertiary alicyclic amines) is 1. The number of hydrogen-bond acceptors (Lipinski definition) is 4. The van der Waals surface area contributed by atoms with Crippen molar-refractivity contribution in [2.75, 3.05) is 38.5 Å². The Hall–Kier alpha value is -1.15. The van der Waals surface area contributed by atoms with Crippen LogP contribution in [-0.4, -0.2) is 78.4 Å². The Kier molecular flexibility index (Phi) is 6.14. The molecule has 1 unspecified atom stereocenters. The molecule has 1 atom stereocenters. The van der Waals surface area contributed by atoms with E-state index in [2.05, 4.69) is 0 Å². The average Bonchev–Trinajstić information content (AvgIpc) is 2.94. The lowest BCUT2D eigenvalue weighted by Gasteiger charge is -2.36. The molecule has 0 aliphatic carbocycles. The van der Waals surface area contributed by atoms with Crippen LogP contribution in [0, 0.1) is 5.92 Å². The molecule has 0 aromatic rings. The normalized spacial score (nSPS) is 23.4. The molecule has 8 heteroatoms. The summed E-state index contributed by atoms with van der Waals surface area (Å²) in [4.78, 5) is 28.4. The van der Waals surface area contributed by atoms with Crippen LogP contribution in [0.1, 0.15) is 47.0 Å². The van der Waals surface area contributed by atoms with Crippen molar-refractivity contribution in [1.29, 1.82) is 0 Å². The van der Waals surface area contributed by atoms with E-state index >= 15 is 0 Å². The van der Waals surface area contributed by atoms with Crippen LogP contribution in [0.3, 0.4) is 0 Å². The Morgan fingerprint density at radius 3 is 2.24 bits per heavy atom. The van der Waals surface area contributed by atoms with Gasteiger partial charge in [0.05, 0.1) is 11.7 Å². The molecule has 2 heterocycles. The van der Waals surface area contributed by atoms with Crippen LogP contribution >= 0.6 is 0 Å². The van der Waals surface area contributed by atoms with E-state index in [4.69, 9.17) is 0 Å². The molecule has 2 saturated heterocycles. The van der Waals surface area contributed by atoms with Gasteiger partial charge in [0.2, 0.25) is 21.8 Å². The lowest BCUT2D eigenvalue weighted by molar-refractivity contribution is -0.137. The summed E-state index contributed by atoms with van der Waals surface area (Å²) < 4.78 is 26.0. The molecule has 0 spiro atoms. The number of piperazine rings is 1. The number of hydrogen-bond donors (Lipinski definition) is 0. The number of carbonyl (C=O) groups is 2. The number of sulfonamides is 1. The first-order valence-corrected chi connectivity index (χ1v) is 10.7. The van der Waals surface area contributed by atoms with E-state index in [1.807, 2.05) is 27.7 Å². The molecule has 7 nitrogen and oxygen atoms in total. The lowest BCUT2D eigenvalue weighted by atomic mass is 10.1. The molecule has 144 valence electrons. The van der Waals surface area contributed by atoms with Gasteiger partial charge in [-0.05, 0) is 27.2 Å². The Morgan fingerprint density at radius 1 is 1.16 bits per heavy atom. The molecule has 0 radical (unpaired) electrons. The van der Waals surface area contributed by atoms with E-state index in [-0.39, 0.29) is 35.4 Å². The largest absolute Gasteiger partial charge is 0.340 e. The predicted octanol–water partition coefficient (Wildman–Crippen LogP) is 0.908. The van der Waals surface area contributed by atoms with Crippen LogP contribution in [0.5, 0.6) is 0 Å². The maximum atomic E-state index is 12.7. The predicted molar refractivity (Wildman–Crippen MR) is 96.4 cm³/mol. The SMILES string of the molecule is CCCCS(=O)(=O)N1CCN(C(=O)C2CC(=O)N(C(C)(C)C)C2)CC1. The third-order valence-corrected chi connectivity index (χ3v) is 6.94. The van der Waals surface area contributed by atoms with Gasteiger partial charge in [0.25, 0.3) is 0 Å². The van der Waals surface area contributed by atoms with Gasteiger partial charge in [0, 0.05) is 44.7 Å². The third-order valence-electron chi connectivity index (χ3n) is 4.98. The monoisotopic (exact) mass is 373 g/mol.